The van der Waals surface area contributed by atoms with Crippen LogP contribution >= 0.6 is 0 Å². The highest BCUT2D eigenvalue weighted by Gasteiger charge is 2.53. The molecule has 2 fully saturated rings. The maximum atomic E-state index is 14.0. The summed E-state index contributed by atoms with van der Waals surface area (Å²) in [6.07, 6.45) is -10.7. The molecule has 4 aromatic rings. The number of hydrogen-bond donors (Lipinski definition) is 8. The molecule has 16 atom stereocenters. The van der Waals surface area contributed by atoms with Gasteiger partial charge in [0, 0.05) is 6.42 Å². The number of aliphatic hydroxyl groups is 4. The van der Waals surface area contributed by atoms with Gasteiger partial charge in [-0.25, -0.2) is 19.2 Å². The van der Waals surface area contributed by atoms with E-state index in [1.807, 2.05) is 49.4 Å². The molecule has 1 saturated carbocycles. The van der Waals surface area contributed by atoms with Crippen molar-refractivity contribution in [3.05, 3.63) is 168 Å². The first-order valence-electron chi connectivity index (χ1n) is 28.0. The Hall–Kier alpha value is -7.29. The van der Waals surface area contributed by atoms with E-state index < -0.39 is 141 Å². The van der Waals surface area contributed by atoms with Crippen LogP contribution < -0.4 is 21.3 Å². The van der Waals surface area contributed by atoms with Crippen LogP contribution in [-0.2, 0) is 78.6 Å². The van der Waals surface area contributed by atoms with E-state index in [2.05, 4.69) is 21.3 Å². The minimum absolute atomic E-state index is 0.00893. The van der Waals surface area contributed by atoms with E-state index >= 15 is 0 Å². The second-order valence-corrected chi connectivity index (χ2v) is 20.8. The van der Waals surface area contributed by atoms with E-state index in [-0.39, 0.29) is 45.8 Å². The molecule has 0 bridgehead atoms. The van der Waals surface area contributed by atoms with Crippen molar-refractivity contribution in [3.63, 3.8) is 0 Å². The summed E-state index contributed by atoms with van der Waals surface area (Å²) in [6.45, 7) is 1.86. The highest BCUT2D eigenvalue weighted by Crippen LogP contribution is 2.40. The van der Waals surface area contributed by atoms with Crippen LogP contribution in [0.4, 0.5) is 19.2 Å². The van der Waals surface area contributed by atoms with Gasteiger partial charge in [0.2, 0.25) is 0 Å². The predicted octanol–water partition coefficient (Wildman–Crippen LogP) is 4.97. The molecule has 4 amide bonds. The third-order valence-corrected chi connectivity index (χ3v) is 14.6. The zero-order chi connectivity index (χ0) is 59.4. The molecule has 23 heteroatoms. The highest BCUT2D eigenvalue weighted by atomic mass is 16.8. The maximum Gasteiger partial charge on any atom is 0.408 e. The van der Waals surface area contributed by atoms with Crippen molar-refractivity contribution in [1.82, 2.24) is 21.3 Å². The number of carbonyl (C=O) groups excluding carboxylic acids is 5. The second-order valence-electron chi connectivity index (χ2n) is 20.8. The standard InChI is InChI=1S/C61H74N4O19/c1-3-43-24-26-45(63-59(72)76-34-39-18-10-5-11-19-39)55(79-43)82-52-37(2)28-42(29-48(68)47(31-66)65-61(74)78-36-41-22-14-7-15-23-41)50(69)54(52)84-57-51(70)53(49(32-67)81-57)83-56-46(64-60(73)77-35-40-20-12-6-13-21-40)27-25-44(80-56)30-62-58(71)75-33-38-16-8-4-9-17-38/h4-27,37,42-47,49-57,66-67,69-70H,3,28-36H2,1-2H3,(H,62,71)(H,63,72)(H,64,73)(H,65,74)/t37-,42-,43+,44+,45+,46+,47-,49+,50-,51+,52+,53+,54+,55+,56+,57-/m0/s1. The molecule has 8 rings (SSSR count). The van der Waals surface area contributed by atoms with E-state index in [0.717, 1.165) is 16.7 Å². The second kappa shape index (κ2) is 31.6. The number of hydrogen-bond acceptors (Lipinski definition) is 19. The number of amides is 4. The minimum Gasteiger partial charge on any atom is -0.445 e. The van der Waals surface area contributed by atoms with Gasteiger partial charge in [0.25, 0.3) is 0 Å². The molecule has 1 saturated heterocycles. The molecule has 3 heterocycles. The molecule has 8 N–H and O–H groups in total. The number of alkyl carbamates (subject to hydrolysis) is 4. The number of ketones is 1. The summed E-state index contributed by atoms with van der Waals surface area (Å²) in [5.74, 6) is -2.13. The largest absolute Gasteiger partial charge is 0.445 e. The third kappa shape index (κ3) is 18.1. The Labute approximate surface area is 486 Å². The molecule has 4 aliphatic rings. The summed E-state index contributed by atoms with van der Waals surface area (Å²) < 4.78 is 60.3. The number of Topliss-reactive ketones (excluding diaryl/α,β-unsaturated/α-hetero) is 1. The first-order valence-corrected chi connectivity index (χ1v) is 28.0. The lowest BCUT2D eigenvalue weighted by Crippen LogP contribution is -2.59. The van der Waals surface area contributed by atoms with E-state index in [9.17, 15) is 44.4 Å². The molecule has 23 nitrogen and oxygen atoms in total. The van der Waals surface area contributed by atoms with Gasteiger partial charge < -0.3 is 89.1 Å². The van der Waals surface area contributed by atoms with Crippen molar-refractivity contribution in [2.75, 3.05) is 19.8 Å². The normalized spacial score (nSPS) is 28.5. The van der Waals surface area contributed by atoms with Crippen LogP contribution in [0.3, 0.4) is 0 Å². The van der Waals surface area contributed by atoms with Crippen LogP contribution in [0.15, 0.2) is 146 Å². The van der Waals surface area contributed by atoms with E-state index in [0.29, 0.717) is 12.0 Å². The summed E-state index contributed by atoms with van der Waals surface area (Å²) in [7, 11) is 0. The highest BCUT2D eigenvalue weighted by molar-refractivity contribution is 5.87. The minimum atomic E-state index is -1.76. The number of aliphatic hydroxyl groups excluding tert-OH is 4. The fourth-order valence-corrected chi connectivity index (χ4v) is 10.1. The average Bonchev–Trinajstić information content (AvgIpc) is 3.97. The Morgan fingerprint density at radius 3 is 1.49 bits per heavy atom. The lowest BCUT2D eigenvalue weighted by Gasteiger charge is -2.46. The van der Waals surface area contributed by atoms with Crippen molar-refractivity contribution in [1.29, 1.82) is 0 Å². The summed E-state index contributed by atoms with van der Waals surface area (Å²) in [5, 5.41) is 56.4. The van der Waals surface area contributed by atoms with Crippen LogP contribution in [0.1, 0.15) is 55.4 Å². The van der Waals surface area contributed by atoms with Gasteiger partial charge in [0.1, 0.15) is 69.0 Å². The SMILES string of the molecule is CC[C@@H]1C=C[C@@H](NC(=O)OCc2ccccc2)[C@@H](O[C@H]2[C@H](O[C@@H]3O[C@H](CO)[C@@H](O[C@H]4O[C@@H](CNC(=O)OCc5ccccc5)C=C[C@H]4NC(=O)OCc4ccccc4)[C@H]3O)[C@@H](O)[C@H](CC(=O)[C@H](CO)NC(=O)OCc3ccccc3)C[C@@H]2C)O1. The molecule has 4 aromatic carbocycles. The maximum absolute atomic E-state index is 14.0. The van der Waals surface area contributed by atoms with Crippen molar-refractivity contribution in [2.24, 2.45) is 11.8 Å². The lowest BCUT2D eigenvalue weighted by atomic mass is 9.74. The quantitative estimate of drug-likeness (QED) is 0.0321. The monoisotopic (exact) mass is 1170 g/mol. The summed E-state index contributed by atoms with van der Waals surface area (Å²) in [4.78, 5) is 66.2. The van der Waals surface area contributed by atoms with Crippen LogP contribution in [0.2, 0.25) is 0 Å². The zero-order valence-electron chi connectivity index (χ0n) is 46.6. The third-order valence-electron chi connectivity index (χ3n) is 14.6. The lowest BCUT2D eigenvalue weighted by molar-refractivity contribution is -0.291. The topological polar surface area (TPSA) is 307 Å². The van der Waals surface area contributed by atoms with Gasteiger partial charge in [-0.1, -0.05) is 159 Å². The number of rotatable bonds is 25. The van der Waals surface area contributed by atoms with E-state index in [1.54, 1.807) is 110 Å². The summed E-state index contributed by atoms with van der Waals surface area (Å²) in [5.41, 5.74) is 2.94. The Morgan fingerprint density at radius 2 is 1.00 bits per heavy atom. The molecule has 0 unspecified atom stereocenters. The molecule has 1 aliphatic carbocycles. The van der Waals surface area contributed by atoms with Gasteiger partial charge in [-0.3, -0.25) is 4.79 Å². The van der Waals surface area contributed by atoms with Crippen molar-refractivity contribution in [2.45, 2.75) is 145 Å². The Balaban J connectivity index is 0.997. The van der Waals surface area contributed by atoms with Crippen molar-refractivity contribution >= 4 is 30.2 Å². The Bertz CT molecular complexity index is 2770. The number of benzene rings is 4. The Morgan fingerprint density at radius 1 is 0.548 bits per heavy atom. The predicted molar refractivity (Wildman–Crippen MR) is 298 cm³/mol. The van der Waals surface area contributed by atoms with Crippen LogP contribution in [0, 0.1) is 11.8 Å². The number of carbonyl (C=O) groups is 5. The molecule has 0 aromatic heterocycles. The van der Waals surface area contributed by atoms with Gasteiger partial charge >= 0.3 is 24.4 Å². The summed E-state index contributed by atoms with van der Waals surface area (Å²) >= 11 is 0. The average molecular weight is 1170 g/mol. The van der Waals surface area contributed by atoms with Crippen molar-refractivity contribution < 1.29 is 91.8 Å². The van der Waals surface area contributed by atoms with Gasteiger partial charge in [-0.2, -0.15) is 0 Å². The van der Waals surface area contributed by atoms with Crippen LogP contribution in [0.25, 0.3) is 0 Å². The van der Waals surface area contributed by atoms with Gasteiger partial charge in [0.15, 0.2) is 24.7 Å². The molecule has 84 heavy (non-hydrogen) atoms. The first-order chi connectivity index (χ1) is 40.8. The van der Waals surface area contributed by atoms with Gasteiger partial charge in [0.05, 0.1) is 44.2 Å². The zero-order valence-corrected chi connectivity index (χ0v) is 46.6. The molecule has 0 radical (unpaired) electrons. The van der Waals surface area contributed by atoms with Gasteiger partial charge in [-0.15, -0.1) is 0 Å². The molecular formula is C61H74N4O19. The Kier molecular flexibility index (Phi) is 23.6. The fraction of sp³-hybridized carbons (Fsp3) is 0.459. The number of nitrogens with one attached hydrogen (secondary N) is 4. The smallest absolute Gasteiger partial charge is 0.408 e. The van der Waals surface area contributed by atoms with Crippen LogP contribution in [0.5, 0.6) is 0 Å². The molecule has 3 aliphatic heterocycles. The number of ether oxygens (including phenoxy) is 10. The van der Waals surface area contributed by atoms with E-state index in [4.69, 9.17) is 47.4 Å². The van der Waals surface area contributed by atoms with Gasteiger partial charge in [-0.05, 0) is 46.9 Å². The molecular weight excluding hydrogens is 1090 g/mol. The summed E-state index contributed by atoms with van der Waals surface area (Å²) in [6, 6.07) is 32.6. The van der Waals surface area contributed by atoms with E-state index in [1.165, 1.54) is 0 Å². The molecule has 0 spiro atoms. The fourth-order valence-electron chi connectivity index (χ4n) is 10.1. The first kappa shape index (κ1) is 62.7. The molecule has 452 valence electrons. The van der Waals surface area contributed by atoms with Crippen LogP contribution in [-0.4, -0.2) is 156 Å². The van der Waals surface area contributed by atoms with Crippen molar-refractivity contribution in [3.8, 4) is 0 Å².